The third kappa shape index (κ3) is 2.58. The van der Waals surface area contributed by atoms with Crippen LogP contribution < -0.4 is 10.2 Å². The molecule has 0 radical (unpaired) electrons. The van der Waals surface area contributed by atoms with E-state index in [0.717, 1.165) is 31.7 Å². The highest BCUT2D eigenvalue weighted by Gasteiger charge is 2.18. The summed E-state index contributed by atoms with van der Waals surface area (Å²) in [6.07, 6.45) is 4.00. The lowest BCUT2D eigenvalue weighted by atomic mass is 10.1. The van der Waals surface area contributed by atoms with Gasteiger partial charge in [0, 0.05) is 19.3 Å². The molecule has 1 saturated heterocycles. The van der Waals surface area contributed by atoms with Crippen LogP contribution in [0.2, 0.25) is 5.28 Å². The second kappa shape index (κ2) is 4.77. The maximum Gasteiger partial charge on any atom is 0.224 e. The molecule has 4 nitrogen and oxygen atoms in total. The summed E-state index contributed by atoms with van der Waals surface area (Å²) < 4.78 is 0. The fraction of sp³-hybridized carbons (Fsp3) is 0.600. The highest BCUT2D eigenvalue weighted by Crippen LogP contribution is 2.18. The van der Waals surface area contributed by atoms with Gasteiger partial charge in [-0.05, 0) is 43.6 Å². The summed E-state index contributed by atoms with van der Waals surface area (Å²) in [5.74, 6) is 0.905. The van der Waals surface area contributed by atoms with E-state index < -0.39 is 0 Å². The van der Waals surface area contributed by atoms with Crippen LogP contribution in [0.5, 0.6) is 0 Å². The standard InChI is InChI=1S/C10H15ClN4/c1-15(8-2-5-12-6-3-8)9-4-7-13-10(11)14-9/h4,7-8,12H,2-3,5-6H2,1H3. The van der Waals surface area contributed by atoms with E-state index >= 15 is 0 Å². The van der Waals surface area contributed by atoms with Crippen molar-refractivity contribution in [2.24, 2.45) is 0 Å². The Morgan fingerprint density at radius 2 is 2.20 bits per heavy atom. The predicted octanol–water partition coefficient (Wildman–Crippen LogP) is 1.32. The Balaban J connectivity index is 2.08. The molecule has 0 amide bonds. The Labute approximate surface area is 94.7 Å². The largest absolute Gasteiger partial charge is 0.356 e. The van der Waals surface area contributed by atoms with Crippen LogP contribution in [-0.2, 0) is 0 Å². The first-order valence-corrected chi connectivity index (χ1v) is 5.57. The van der Waals surface area contributed by atoms with Gasteiger partial charge in [0.2, 0.25) is 5.28 Å². The number of piperidine rings is 1. The van der Waals surface area contributed by atoms with Crippen LogP contribution in [0.25, 0.3) is 0 Å². The molecule has 0 spiro atoms. The van der Waals surface area contributed by atoms with Gasteiger partial charge in [0.1, 0.15) is 5.82 Å². The normalized spacial score (nSPS) is 17.7. The Bertz CT molecular complexity index is 325. The smallest absolute Gasteiger partial charge is 0.224 e. The van der Waals surface area contributed by atoms with E-state index in [0.29, 0.717) is 11.3 Å². The molecular formula is C10H15ClN4. The molecule has 1 N–H and O–H groups in total. The Hall–Kier alpha value is -0.870. The lowest BCUT2D eigenvalue weighted by Gasteiger charge is -2.32. The minimum Gasteiger partial charge on any atom is -0.356 e. The molecule has 2 heterocycles. The van der Waals surface area contributed by atoms with Crippen LogP contribution in [-0.4, -0.2) is 36.1 Å². The third-order valence-electron chi connectivity index (χ3n) is 2.83. The number of nitrogens with one attached hydrogen (secondary N) is 1. The van der Waals surface area contributed by atoms with Crippen LogP contribution in [0.3, 0.4) is 0 Å². The first kappa shape index (κ1) is 10.6. The molecule has 82 valence electrons. The number of aromatic nitrogens is 2. The van der Waals surface area contributed by atoms with Crippen molar-refractivity contribution in [3.63, 3.8) is 0 Å². The average molecular weight is 227 g/mol. The van der Waals surface area contributed by atoms with Crippen molar-refractivity contribution in [1.82, 2.24) is 15.3 Å². The highest BCUT2D eigenvalue weighted by atomic mass is 35.5. The van der Waals surface area contributed by atoms with E-state index in [9.17, 15) is 0 Å². The molecule has 1 aromatic heterocycles. The molecule has 1 aliphatic heterocycles. The maximum absolute atomic E-state index is 5.77. The topological polar surface area (TPSA) is 41.1 Å². The van der Waals surface area contributed by atoms with Crippen molar-refractivity contribution < 1.29 is 0 Å². The summed E-state index contributed by atoms with van der Waals surface area (Å²) in [6.45, 7) is 2.15. The van der Waals surface area contributed by atoms with Gasteiger partial charge in [-0.3, -0.25) is 0 Å². The van der Waals surface area contributed by atoms with Gasteiger partial charge in [-0.2, -0.15) is 0 Å². The van der Waals surface area contributed by atoms with Crippen molar-refractivity contribution >= 4 is 17.4 Å². The van der Waals surface area contributed by atoms with Gasteiger partial charge >= 0.3 is 0 Å². The Kier molecular flexibility index (Phi) is 3.38. The van der Waals surface area contributed by atoms with Crippen molar-refractivity contribution in [2.75, 3.05) is 25.0 Å². The minimum absolute atomic E-state index is 0.313. The van der Waals surface area contributed by atoms with Gasteiger partial charge in [-0.1, -0.05) is 0 Å². The van der Waals surface area contributed by atoms with E-state index in [4.69, 9.17) is 11.6 Å². The van der Waals surface area contributed by atoms with Crippen LogP contribution >= 0.6 is 11.6 Å². The van der Waals surface area contributed by atoms with E-state index in [-0.39, 0.29) is 0 Å². The van der Waals surface area contributed by atoms with Gasteiger partial charge < -0.3 is 10.2 Å². The van der Waals surface area contributed by atoms with Crippen LogP contribution in [0.15, 0.2) is 12.3 Å². The summed E-state index contributed by atoms with van der Waals surface area (Å²) in [5.41, 5.74) is 0. The van der Waals surface area contributed by atoms with Gasteiger partial charge in [0.25, 0.3) is 0 Å². The van der Waals surface area contributed by atoms with E-state index in [1.807, 2.05) is 6.07 Å². The predicted molar refractivity (Wildman–Crippen MR) is 61.3 cm³/mol. The van der Waals surface area contributed by atoms with Crippen LogP contribution in [0.1, 0.15) is 12.8 Å². The number of hydrogen-bond acceptors (Lipinski definition) is 4. The number of hydrogen-bond donors (Lipinski definition) is 1. The zero-order valence-corrected chi connectivity index (χ0v) is 9.54. The number of nitrogens with zero attached hydrogens (tertiary/aromatic N) is 3. The summed E-state index contributed by atoms with van der Waals surface area (Å²) >= 11 is 5.77. The zero-order valence-electron chi connectivity index (χ0n) is 8.78. The maximum atomic E-state index is 5.77. The number of anilines is 1. The lowest BCUT2D eigenvalue weighted by Crippen LogP contribution is -2.41. The van der Waals surface area contributed by atoms with Gasteiger partial charge in [-0.25, -0.2) is 9.97 Å². The Morgan fingerprint density at radius 1 is 1.47 bits per heavy atom. The molecule has 5 heteroatoms. The van der Waals surface area contributed by atoms with Crippen molar-refractivity contribution in [1.29, 1.82) is 0 Å². The van der Waals surface area contributed by atoms with E-state index in [1.165, 1.54) is 0 Å². The van der Waals surface area contributed by atoms with Crippen LogP contribution in [0, 0.1) is 0 Å². The van der Waals surface area contributed by atoms with Crippen molar-refractivity contribution in [3.8, 4) is 0 Å². The molecule has 0 bridgehead atoms. The zero-order chi connectivity index (χ0) is 10.7. The average Bonchev–Trinajstić information content (AvgIpc) is 2.29. The molecule has 15 heavy (non-hydrogen) atoms. The lowest BCUT2D eigenvalue weighted by molar-refractivity contribution is 0.441. The van der Waals surface area contributed by atoms with Crippen molar-refractivity contribution in [2.45, 2.75) is 18.9 Å². The number of rotatable bonds is 2. The first-order chi connectivity index (χ1) is 7.27. The second-order valence-electron chi connectivity index (χ2n) is 3.78. The second-order valence-corrected chi connectivity index (χ2v) is 4.11. The summed E-state index contributed by atoms with van der Waals surface area (Å²) in [5, 5.41) is 3.66. The first-order valence-electron chi connectivity index (χ1n) is 5.19. The fourth-order valence-electron chi connectivity index (χ4n) is 1.90. The summed E-state index contributed by atoms with van der Waals surface area (Å²) in [6, 6.07) is 2.45. The molecule has 2 rings (SSSR count). The number of halogens is 1. The highest BCUT2D eigenvalue weighted by molar-refractivity contribution is 6.28. The summed E-state index contributed by atoms with van der Waals surface area (Å²) in [7, 11) is 2.06. The van der Waals surface area contributed by atoms with Gasteiger partial charge in [0.15, 0.2) is 0 Å². The summed E-state index contributed by atoms with van der Waals surface area (Å²) in [4.78, 5) is 10.3. The molecule has 0 saturated carbocycles. The van der Waals surface area contributed by atoms with E-state index in [1.54, 1.807) is 6.20 Å². The van der Waals surface area contributed by atoms with Gasteiger partial charge in [-0.15, -0.1) is 0 Å². The molecule has 1 fully saturated rings. The molecule has 0 unspecified atom stereocenters. The minimum atomic E-state index is 0.313. The quantitative estimate of drug-likeness (QED) is 0.773. The SMILES string of the molecule is CN(c1ccnc(Cl)n1)C1CCNCC1. The third-order valence-corrected chi connectivity index (χ3v) is 3.01. The molecule has 1 aliphatic rings. The van der Waals surface area contributed by atoms with Crippen molar-refractivity contribution in [3.05, 3.63) is 17.5 Å². The Morgan fingerprint density at radius 3 is 2.87 bits per heavy atom. The molecule has 0 aliphatic carbocycles. The fourth-order valence-corrected chi connectivity index (χ4v) is 2.05. The monoisotopic (exact) mass is 226 g/mol. The molecule has 0 atom stereocenters. The van der Waals surface area contributed by atoms with E-state index in [2.05, 4.69) is 27.2 Å². The molecule has 1 aromatic rings. The van der Waals surface area contributed by atoms with Gasteiger partial charge in [0.05, 0.1) is 0 Å². The molecular weight excluding hydrogens is 212 g/mol. The molecule has 0 aromatic carbocycles. The van der Waals surface area contributed by atoms with Crippen LogP contribution in [0.4, 0.5) is 5.82 Å².